The van der Waals surface area contributed by atoms with E-state index in [9.17, 15) is 9.59 Å². The quantitative estimate of drug-likeness (QED) is 0.686. The lowest BCUT2D eigenvalue weighted by atomic mass is 9.87. The summed E-state index contributed by atoms with van der Waals surface area (Å²) >= 11 is 0. The van der Waals surface area contributed by atoms with Crippen molar-refractivity contribution in [3.05, 3.63) is 65.2 Å². The molecule has 0 aromatic heterocycles. The van der Waals surface area contributed by atoms with Crippen LogP contribution in [0, 0.1) is 6.92 Å². The van der Waals surface area contributed by atoms with Crippen molar-refractivity contribution in [1.82, 2.24) is 10.6 Å². The molecule has 0 spiro atoms. The van der Waals surface area contributed by atoms with Gasteiger partial charge in [0.05, 0.1) is 6.54 Å². The molecule has 0 saturated carbocycles. The fourth-order valence-electron chi connectivity index (χ4n) is 2.71. The fraction of sp³-hybridized carbons (Fsp3) is 0.391. The number of rotatable bonds is 8. The Labute approximate surface area is 167 Å². The number of hydrogen-bond acceptors (Lipinski definition) is 3. The van der Waals surface area contributed by atoms with Gasteiger partial charge in [0, 0.05) is 18.5 Å². The number of aryl methyl sites for hydroxylation is 1. The third-order valence-corrected chi connectivity index (χ3v) is 4.44. The number of carbonyl (C=O) groups is 2. The van der Waals surface area contributed by atoms with E-state index in [4.69, 9.17) is 4.74 Å². The highest BCUT2D eigenvalue weighted by atomic mass is 16.5. The first-order chi connectivity index (χ1) is 13.3. The van der Waals surface area contributed by atoms with Gasteiger partial charge in [-0.15, -0.1) is 0 Å². The van der Waals surface area contributed by atoms with Crippen molar-refractivity contribution < 1.29 is 14.3 Å². The first-order valence-corrected chi connectivity index (χ1v) is 9.61. The number of hydrogen-bond donors (Lipinski definition) is 2. The molecule has 0 unspecified atom stereocenters. The third kappa shape index (κ3) is 6.72. The van der Waals surface area contributed by atoms with Gasteiger partial charge in [0.1, 0.15) is 12.4 Å². The molecule has 0 radical (unpaired) electrons. The summed E-state index contributed by atoms with van der Waals surface area (Å²) in [5.74, 6) is 0.512. The molecular formula is C23H30N2O3. The van der Waals surface area contributed by atoms with E-state index in [-0.39, 0.29) is 23.7 Å². The van der Waals surface area contributed by atoms with Crippen LogP contribution in [0.4, 0.5) is 0 Å². The van der Waals surface area contributed by atoms with Crippen molar-refractivity contribution in [2.24, 2.45) is 0 Å². The van der Waals surface area contributed by atoms with Crippen molar-refractivity contribution in [1.29, 1.82) is 0 Å². The van der Waals surface area contributed by atoms with E-state index in [1.54, 1.807) is 6.07 Å². The Morgan fingerprint density at radius 3 is 2.25 bits per heavy atom. The molecule has 2 amide bonds. The van der Waals surface area contributed by atoms with Gasteiger partial charge in [-0.1, -0.05) is 51.1 Å². The van der Waals surface area contributed by atoms with E-state index in [0.29, 0.717) is 25.3 Å². The zero-order chi connectivity index (χ0) is 20.6. The highest BCUT2D eigenvalue weighted by molar-refractivity contribution is 5.95. The number of amides is 2. The monoisotopic (exact) mass is 382 g/mol. The summed E-state index contributed by atoms with van der Waals surface area (Å²) in [5, 5.41) is 5.57. The molecule has 0 saturated heterocycles. The van der Waals surface area contributed by atoms with Crippen LogP contribution < -0.4 is 15.4 Å². The molecule has 2 aromatic carbocycles. The molecule has 0 atom stereocenters. The summed E-state index contributed by atoms with van der Waals surface area (Å²) in [7, 11) is 0. The first-order valence-electron chi connectivity index (χ1n) is 9.61. The molecule has 0 bridgehead atoms. The van der Waals surface area contributed by atoms with Gasteiger partial charge < -0.3 is 15.4 Å². The lowest BCUT2D eigenvalue weighted by Gasteiger charge is -2.19. The zero-order valence-electron chi connectivity index (χ0n) is 17.2. The highest BCUT2D eigenvalue weighted by Gasteiger charge is 2.13. The Hall–Kier alpha value is -2.82. The zero-order valence-corrected chi connectivity index (χ0v) is 17.2. The van der Waals surface area contributed by atoms with Gasteiger partial charge in [-0.25, -0.2) is 0 Å². The Kier molecular flexibility index (Phi) is 7.61. The molecule has 28 heavy (non-hydrogen) atoms. The molecule has 0 aliphatic carbocycles. The summed E-state index contributed by atoms with van der Waals surface area (Å²) in [5.41, 5.74) is 2.91. The molecule has 0 aliphatic rings. The van der Waals surface area contributed by atoms with Crippen LogP contribution in [0.3, 0.4) is 0 Å². The lowest BCUT2D eigenvalue weighted by Crippen LogP contribution is -2.32. The van der Waals surface area contributed by atoms with E-state index >= 15 is 0 Å². The van der Waals surface area contributed by atoms with Crippen molar-refractivity contribution >= 4 is 11.8 Å². The predicted octanol–water partition coefficient (Wildman–Crippen LogP) is 3.61. The van der Waals surface area contributed by atoms with Gasteiger partial charge in [0.2, 0.25) is 5.91 Å². The molecule has 0 fully saturated rings. The van der Waals surface area contributed by atoms with Crippen molar-refractivity contribution in [3.8, 4) is 5.75 Å². The Morgan fingerprint density at radius 2 is 1.61 bits per heavy atom. The van der Waals surface area contributed by atoms with E-state index in [1.807, 2.05) is 37.3 Å². The molecule has 5 heteroatoms. The van der Waals surface area contributed by atoms with Gasteiger partial charge in [0.25, 0.3) is 5.91 Å². The third-order valence-electron chi connectivity index (χ3n) is 4.44. The molecular weight excluding hydrogens is 352 g/mol. The summed E-state index contributed by atoms with van der Waals surface area (Å²) in [6.45, 7) is 9.51. The van der Waals surface area contributed by atoms with Gasteiger partial charge in [-0.05, 0) is 41.7 Å². The minimum absolute atomic E-state index is 0.112. The van der Waals surface area contributed by atoms with Crippen molar-refractivity contribution in [2.45, 2.75) is 39.5 Å². The summed E-state index contributed by atoms with van der Waals surface area (Å²) in [4.78, 5) is 24.0. The van der Waals surface area contributed by atoms with Crippen LogP contribution in [-0.4, -0.2) is 31.5 Å². The fourth-order valence-corrected chi connectivity index (χ4v) is 2.71. The number of ether oxygens (including phenoxy) is 1. The van der Waals surface area contributed by atoms with Crippen LogP contribution in [0.2, 0.25) is 0 Å². The maximum atomic E-state index is 12.1. The first kappa shape index (κ1) is 21.5. The number of carbonyl (C=O) groups excluding carboxylic acids is 2. The maximum absolute atomic E-state index is 12.1. The van der Waals surface area contributed by atoms with Crippen molar-refractivity contribution in [3.63, 3.8) is 0 Å². The van der Waals surface area contributed by atoms with Gasteiger partial charge in [-0.3, -0.25) is 9.59 Å². The smallest absolute Gasteiger partial charge is 0.251 e. The Bertz CT molecular complexity index is 792. The molecule has 2 N–H and O–H groups in total. The van der Waals surface area contributed by atoms with Crippen LogP contribution in [0.25, 0.3) is 0 Å². The minimum atomic E-state index is -0.159. The van der Waals surface area contributed by atoms with Crippen LogP contribution in [0.1, 0.15) is 48.7 Å². The molecule has 2 rings (SSSR count). The average Bonchev–Trinajstić information content (AvgIpc) is 2.65. The van der Waals surface area contributed by atoms with E-state index in [2.05, 4.69) is 43.5 Å². The van der Waals surface area contributed by atoms with Crippen molar-refractivity contribution in [2.75, 3.05) is 19.7 Å². The maximum Gasteiger partial charge on any atom is 0.251 e. The van der Waals surface area contributed by atoms with E-state index < -0.39 is 0 Å². The normalized spacial score (nSPS) is 11.0. The van der Waals surface area contributed by atoms with E-state index in [1.165, 1.54) is 5.56 Å². The SMILES string of the molecule is Cc1ccccc1C(=O)NCCC(=O)NCCOc1ccc(C(C)(C)C)cc1. The topological polar surface area (TPSA) is 67.4 Å². The molecule has 0 heterocycles. The summed E-state index contributed by atoms with van der Waals surface area (Å²) in [6, 6.07) is 15.4. The number of nitrogens with one attached hydrogen (secondary N) is 2. The van der Waals surface area contributed by atoms with Crippen LogP contribution in [-0.2, 0) is 10.2 Å². The summed E-state index contributed by atoms with van der Waals surface area (Å²) < 4.78 is 5.65. The number of benzene rings is 2. The average molecular weight is 383 g/mol. The molecule has 150 valence electrons. The van der Waals surface area contributed by atoms with E-state index in [0.717, 1.165) is 11.3 Å². The van der Waals surface area contributed by atoms with Crippen LogP contribution in [0.5, 0.6) is 5.75 Å². The molecule has 5 nitrogen and oxygen atoms in total. The predicted molar refractivity (Wildman–Crippen MR) is 112 cm³/mol. The van der Waals surface area contributed by atoms with Gasteiger partial charge >= 0.3 is 0 Å². The largest absolute Gasteiger partial charge is 0.492 e. The van der Waals surface area contributed by atoms with Crippen LogP contribution >= 0.6 is 0 Å². The van der Waals surface area contributed by atoms with Gasteiger partial charge in [-0.2, -0.15) is 0 Å². The second-order valence-electron chi connectivity index (χ2n) is 7.79. The second-order valence-corrected chi connectivity index (χ2v) is 7.79. The minimum Gasteiger partial charge on any atom is -0.492 e. The standard InChI is InChI=1S/C23H30N2O3/c1-17-7-5-6-8-20(17)22(27)25-14-13-21(26)24-15-16-28-19-11-9-18(10-12-19)23(2,3)4/h5-12H,13-16H2,1-4H3,(H,24,26)(H,25,27). The van der Waals surface area contributed by atoms with Gasteiger partial charge in [0.15, 0.2) is 0 Å². The molecule has 2 aromatic rings. The highest BCUT2D eigenvalue weighted by Crippen LogP contribution is 2.24. The Morgan fingerprint density at radius 1 is 0.929 bits per heavy atom. The van der Waals surface area contributed by atoms with Crippen LogP contribution in [0.15, 0.2) is 48.5 Å². The molecule has 0 aliphatic heterocycles. The second kappa shape index (κ2) is 9.93. The Balaban J connectivity index is 1.62. The lowest BCUT2D eigenvalue weighted by molar-refractivity contribution is -0.121. The summed E-state index contributed by atoms with van der Waals surface area (Å²) in [6.07, 6.45) is 0.234.